The van der Waals surface area contributed by atoms with Crippen LogP contribution in [0.2, 0.25) is 0 Å². The lowest BCUT2D eigenvalue weighted by atomic mass is 9.80. The summed E-state index contributed by atoms with van der Waals surface area (Å²) >= 11 is 0. The second-order valence-electron chi connectivity index (χ2n) is 5.15. The summed E-state index contributed by atoms with van der Waals surface area (Å²) in [5.74, 6) is 1.32. The standard InChI is InChI=1S/C15H17FN2/c1-10(11-3-2-4-11)18-15-14-9-13(16)6-5-12(14)7-8-17-15/h5-11H,2-4H2,1H3,(H,17,18)/t10-/m0/s1. The second-order valence-corrected chi connectivity index (χ2v) is 5.15. The van der Waals surface area contributed by atoms with Crippen LogP contribution in [-0.4, -0.2) is 11.0 Å². The summed E-state index contributed by atoms with van der Waals surface area (Å²) in [5, 5.41) is 5.32. The number of benzene rings is 1. The highest BCUT2D eigenvalue weighted by Crippen LogP contribution is 2.32. The smallest absolute Gasteiger partial charge is 0.134 e. The molecule has 0 bridgehead atoms. The molecule has 0 aliphatic heterocycles. The first kappa shape index (κ1) is 11.5. The van der Waals surface area contributed by atoms with E-state index in [1.165, 1.54) is 25.3 Å². The highest BCUT2D eigenvalue weighted by molar-refractivity contribution is 5.91. The number of hydrogen-bond acceptors (Lipinski definition) is 2. The van der Waals surface area contributed by atoms with Gasteiger partial charge in [0.1, 0.15) is 11.6 Å². The van der Waals surface area contributed by atoms with Gasteiger partial charge in [-0.3, -0.25) is 0 Å². The zero-order chi connectivity index (χ0) is 12.5. The molecule has 1 aromatic carbocycles. The quantitative estimate of drug-likeness (QED) is 0.883. The molecular weight excluding hydrogens is 227 g/mol. The topological polar surface area (TPSA) is 24.9 Å². The van der Waals surface area contributed by atoms with Crippen LogP contribution in [0, 0.1) is 11.7 Å². The summed E-state index contributed by atoms with van der Waals surface area (Å²) in [6.45, 7) is 2.18. The molecule has 1 aromatic heterocycles. The van der Waals surface area contributed by atoms with E-state index in [0.717, 1.165) is 22.5 Å². The van der Waals surface area contributed by atoms with E-state index in [9.17, 15) is 4.39 Å². The van der Waals surface area contributed by atoms with E-state index in [4.69, 9.17) is 0 Å². The van der Waals surface area contributed by atoms with Crippen molar-refractivity contribution in [3.8, 4) is 0 Å². The molecular formula is C15H17FN2. The molecule has 1 aliphatic carbocycles. The molecule has 0 spiro atoms. The van der Waals surface area contributed by atoms with Crippen LogP contribution in [0.1, 0.15) is 26.2 Å². The SMILES string of the molecule is C[C@H](Nc1nccc2ccc(F)cc12)C1CCC1. The molecule has 18 heavy (non-hydrogen) atoms. The molecule has 1 atom stereocenters. The van der Waals surface area contributed by atoms with E-state index in [2.05, 4.69) is 17.2 Å². The van der Waals surface area contributed by atoms with Gasteiger partial charge in [0, 0.05) is 17.6 Å². The van der Waals surface area contributed by atoms with Crippen LogP contribution in [0.3, 0.4) is 0 Å². The average Bonchev–Trinajstić information content (AvgIpc) is 2.27. The van der Waals surface area contributed by atoms with E-state index >= 15 is 0 Å². The van der Waals surface area contributed by atoms with Crippen molar-refractivity contribution in [2.45, 2.75) is 32.2 Å². The van der Waals surface area contributed by atoms with Gasteiger partial charge in [-0.05, 0) is 49.3 Å². The maximum atomic E-state index is 13.3. The number of rotatable bonds is 3. The minimum atomic E-state index is -0.213. The fraction of sp³-hybridized carbons (Fsp3) is 0.400. The molecule has 1 N–H and O–H groups in total. The fourth-order valence-corrected chi connectivity index (χ4v) is 2.53. The van der Waals surface area contributed by atoms with E-state index in [1.807, 2.05) is 6.07 Å². The predicted octanol–water partition coefficient (Wildman–Crippen LogP) is 3.97. The van der Waals surface area contributed by atoms with Gasteiger partial charge in [0.25, 0.3) is 0 Å². The molecule has 1 saturated carbocycles. The molecule has 1 aliphatic rings. The van der Waals surface area contributed by atoms with Gasteiger partial charge in [-0.25, -0.2) is 9.37 Å². The molecule has 3 heteroatoms. The van der Waals surface area contributed by atoms with Crippen molar-refractivity contribution in [2.24, 2.45) is 5.92 Å². The Morgan fingerprint density at radius 1 is 1.33 bits per heavy atom. The van der Waals surface area contributed by atoms with Gasteiger partial charge < -0.3 is 5.32 Å². The van der Waals surface area contributed by atoms with Crippen LogP contribution in [0.15, 0.2) is 30.5 Å². The van der Waals surface area contributed by atoms with Crippen molar-refractivity contribution < 1.29 is 4.39 Å². The Morgan fingerprint density at radius 2 is 2.17 bits per heavy atom. The minimum Gasteiger partial charge on any atom is -0.367 e. The van der Waals surface area contributed by atoms with Crippen LogP contribution in [0.4, 0.5) is 10.2 Å². The maximum Gasteiger partial charge on any atom is 0.134 e. The van der Waals surface area contributed by atoms with Gasteiger partial charge in [-0.1, -0.05) is 12.5 Å². The molecule has 1 fully saturated rings. The third kappa shape index (κ3) is 2.05. The summed E-state index contributed by atoms with van der Waals surface area (Å²) < 4.78 is 13.3. The number of fused-ring (bicyclic) bond motifs is 1. The molecule has 0 amide bonds. The Balaban J connectivity index is 1.92. The van der Waals surface area contributed by atoms with Gasteiger partial charge in [-0.2, -0.15) is 0 Å². The number of anilines is 1. The molecule has 2 aromatic rings. The number of pyridine rings is 1. The van der Waals surface area contributed by atoms with E-state index in [0.29, 0.717) is 6.04 Å². The normalized spacial score (nSPS) is 17.4. The first-order valence-corrected chi connectivity index (χ1v) is 6.55. The van der Waals surface area contributed by atoms with Gasteiger partial charge in [-0.15, -0.1) is 0 Å². The fourth-order valence-electron chi connectivity index (χ4n) is 2.53. The van der Waals surface area contributed by atoms with E-state index in [-0.39, 0.29) is 5.82 Å². The van der Waals surface area contributed by atoms with Gasteiger partial charge >= 0.3 is 0 Å². The van der Waals surface area contributed by atoms with Crippen LogP contribution in [0.5, 0.6) is 0 Å². The van der Waals surface area contributed by atoms with Gasteiger partial charge in [0.2, 0.25) is 0 Å². The number of halogens is 1. The monoisotopic (exact) mass is 244 g/mol. The predicted molar refractivity (Wildman–Crippen MR) is 72.1 cm³/mol. The summed E-state index contributed by atoms with van der Waals surface area (Å²) in [4.78, 5) is 4.35. The maximum absolute atomic E-state index is 13.3. The third-order valence-electron chi connectivity index (χ3n) is 3.95. The zero-order valence-electron chi connectivity index (χ0n) is 10.5. The van der Waals surface area contributed by atoms with Crippen molar-refractivity contribution in [3.05, 3.63) is 36.3 Å². The minimum absolute atomic E-state index is 0.213. The van der Waals surface area contributed by atoms with E-state index < -0.39 is 0 Å². The summed E-state index contributed by atoms with van der Waals surface area (Å²) in [7, 11) is 0. The molecule has 2 nitrogen and oxygen atoms in total. The van der Waals surface area contributed by atoms with Crippen LogP contribution in [0.25, 0.3) is 10.8 Å². The highest BCUT2D eigenvalue weighted by atomic mass is 19.1. The van der Waals surface area contributed by atoms with Crippen molar-refractivity contribution >= 4 is 16.6 Å². The van der Waals surface area contributed by atoms with Crippen molar-refractivity contribution in [2.75, 3.05) is 5.32 Å². The summed E-state index contributed by atoms with van der Waals surface area (Å²) in [6.07, 6.45) is 5.67. The molecule has 0 saturated heterocycles. The Bertz CT molecular complexity index is 563. The lowest BCUT2D eigenvalue weighted by molar-refractivity contribution is 0.285. The molecule has 1 heterocycles. The van der Waals surface area contributed by atoms with Crippen LogP contribution in [-0.2, 0) is 0 Å². The molecule has 3 rings (SSSR count). The molecule has 0 radical (unpaired) electrons. The summed E-state index contributed by atoms with van der Waals surface area (Å²) in [6, 6.07) is 7.15. The Kier molecular flexibility index (Phi) is 2.90. The Labute approximate surface area is 106 Å². The van der Waals surface area contributed by atoms with Crippen molar-refractivity contribution in [1.29, 1.82) is 0 Å². The lowest BCUT2D eigenvalue weighted by Gasteiger charge is -2.32. The number of nitrogens with zero attached hydrogens (tertiary/aromatic N) is 1. The molecule has 0 unspecified atom stereocenters. The second kappa shape index (κ2) is 4.56. The highest BCUT2D eigenvalue weighted by Gasteiger charge is 2.24. The van der Waals surface area contributed by atoms with E-state index in [1.54, 1.807) is 18.3 Å². The summed E-state index contributed by atoms with van der Waals surface area (Å²) in [5.41, 5.74) is 0. The van der Waals surface area contributed by atoms with Crippen molar-refractivity contribution in [1.82, 2.24) is 4.98 Å². The number of nitrogens with one attached hydrogen (secondary N) is 1. The lowest BCUT2D eigenvalue weighted by Crippen LogP contribution is -2.31. The molecule has 94 valence electrons. The number of hydrogen-bond donors (Lipinski definition) is 1. The third-order valence-corrected chi connectivity index (χ3v) is 3.95. The Morgan fingerprint density at radius 3 is 2.89 bits per heavy atom. The number of aromatic nitrogens is 1. The van der Waals surface area contributed by atoms with Gasteiger partial charge in [0.05, 0.1) is 0 Å². The van der Waals surface area contributed by atoms with Crippen LogP contribution >= 0.6 is 0 Å². The van der Waals surface area contributed by atoms with Gasteiger partial charge in [0.15, 0.2) is 0 Å². The van der Waals surface area contributed by atoms with Crippen molar-refractivity contribution in [3.63, 3.8) is 0 Å². The Hall–Kier alpha value is -1.64. The average molecular weight is 244 g/mol. The zero-order valence-corrected chi connectivity index (χ0v) is 10.5. The van der Waals surface area contributed by atoms with Crippen LogP contribution < -0.4 is 5.32 Å². The first-order valence-electron chi connectivity index (χ1n) is 6.55. The first-order chi connectivity index (χ1) is 8.74. The largest absolute Gasteiger partial charge is 0.367 e.